The van der Waals surface area contributed by atoms with Crippen molar-refractivity contribution in [1.29, 1.82) is 0 Å². The summed E-state index contributed by atoms with van der Waals surface area (Å²) in [5, 5.41) is 23.9. The maximum absolute atomic E-state index is 14.8. The Balaban J connectivity index is 1.19. The maximum Gasteiger partial charge on any atom is 0.417 e. The van der Waals surface area contributed by atoms with Crippen LogP contribution < -0.4 is 31.9 Å². The lowest BCUT2D eigenvalue weighted by Gasteiger charge is -2.60. The van der Waals surface area contributed by atoms with Crippen LogP contribution in [0.2, 0.25) is 5.02 Å². The molecule has 0 bridgehead atoms. The number of carbonyl (C=O) groups is 1. The number of unbranched alkanes of at least 4 members (excludes halogenated alkanes) is 1. The fourth-order valence-electron chi connectivity index (χ4n) is 15.9. The summed E-state index contributed by atoms with van der Waals surface area (Å²) in [6.07, 6.45) is 31.2. The van der Waals surface area contributed by atoms with Crippen LogP contribution in [0.1, 0.15) is 209 Å². The number of hydrogen-bond acceptors (Lipinski definition) is 12. The maximum atomic E-state index is 14.8. The van der Waals surface area contributed by atoms with Gasteiger partial charge in [0.15, 0.2) is 0 Å². The number of rotatable bonds is 12. The van der Waals surface area contributed by atoms with Crippen LogP contribution in [0.4, 0.5) is 13.2 Å². The van der Waals surface area contributed by atoms with E-state index in [0.29, 0.717) is 49.1 Å². The molecule has 2 aliphatic carbocycles. The molecule has 1 aromatic rings. The standard InChI is InChI=1S/C72H122ClF3N12O/c1-13-15-28-65-54(7)80-47-67-68(70(89)86-40-22-17-23-41-86)57(10)88(67)69(51(3)4)55(8)83-71(34-20-21-35-71)50-78-38-37-77-36-33-60(31-29-59-30-32-63(64(73)45-59)72(74,75)76)79-39-43-84(11)48-62(44-58-25-18-16-19-26-58)85(12)49-61-27-24-42-87(61)56(9)53(6)82-66(46-81-65)52(5)14-2/h30,32-33,36,39,43,45,48-49,51-58,65-69,78-83H,13-29,31,34-35,37-38,40-42,44,46-47,50H2,1-12H3/t52-,53?,54?,55?,56-,57?,65-,66+,67?,68-,69-/m0/s1. The second kappa shape index (κ2) is 35.6. The van der Waals surface area contributed by atoms with E-state index in [1.54, 1.807) is 0 Å². The zero-order chi connectivity index (χ0) is 64.3. The first-order chi connectivity index (χ1) is 42.6. The van der Waals surface area contributed by atoms with Crippen molar-refractivity contribution in [3.63, 3.8) is 0 Å². The van der Waals surface area contributed by atoms with Crippen LogP contribution in [0.25, 0.3) is 0 Å². The number of hydrogen-bond donors (Lipinski definition) is 6. The van der Waals surface area contributed by atoms with Crippen molar-refractivity contribution in [2.24, 2.45) is 28.7 Å². The van der Waals surface area contributed by atoms with Gasteiger partial charge in [-0.15, -0.1) is 0 Å². The summed E-state index contributed by atoms with van der Waals surface area (Å²) in [5.74, 6) is 1.79. The molecule has 6 N–H and O–H groups in total. The summed E-state index contributed by atoms with van der Waals surface area (Å²) in [6, 6.07) is 6.04. The highest BCUT2D eigenvalue weighted by Gasteiger charge is 2.55. The zero-order valence-corrected chi connectivity index (χ0v) is 58.1. The fraction of sp³-hybridized carbons (Fsp3) is 0.778. The van der Waals surface area contributed by atoms with Gasteiger partial charge in [-0.25, -0.2) is 0 Å². The molecule has 0 radical (unpaired) electrons. The van der Waals surface area contributed by atoms with E-state index in [1.165, 1.54) is 74.9 Å². The van der Waals surface area contributed by atoms with Crippen molar-refractivity contribution in [3.8, 4) is 0 Å². The second-order valence-electron chi connectivity index (χ2n) is 28.6. The molecule has 1 spiro atoms. The lowest BCUT2D eigenvalue weighted by Crippen LogP contribution is -2.76. The smallest absolute Gasteiger partial charge is 0.369 e. The van der Waals surface area contributed by atoms with Gasteiger partial charge in [-0.1, -0.05) is 116 Å². The second-order valence-corrected chi connectivity index (χ2v) is 29.0. The van der Waals surface area contributed by atoms with Gasteiger partial charge in [-0.2, -0.15) is 13.2 Å². The Morgan fingerprint density at radius 2 is 1.57 bits per heavy atom. The minimum atomic E-state index is -4.51. The third kappa shape index (κ3) is 20.9. The molecular weight excluding hydrogens is 1140 g/mol. The molecule has 17 heteroatoms. The van der Waals surface area contributed by atoms with Gasteiger partial charge in [0.05, 0.1) is 23.0 Å². The summed E-state index contributed by atoms with van der Waals surface area (Å²) in [5.41, 5.74) is 3.44. The molecule has 6 aliphatic rings. The van der Waals surface area contributed by atoms with E-state index in [0.717, 1.165) is 134 Å². The first kappa shape index (κ1) is 72.8. The highest BCUT2D eigenvalue weighted by molar-refractivity contribution is 6.31. The van der Waals surface area contributed by atoms with Crippen LogP contribution in [-0.4, -0.2) is 163 Å². The summed E-state index contributed by atoms with van der Waals surface area (Å²) in [7, 11) is 4.32. The van der Waals surface area contributed by atoms with Crippen LogP contribution in [0, 0.1) is 23.7 Å². The van der Waals surface area contributed by atoms with Gasteiger partial charge in [0, 0.05) is 168 Å². The monoisotopic (exact) mass is 1260 g/mol. The molecule has 89 heavy (non-hydrogen) atoms. The number of aliphatic imine (C=N–C) groups is 1. The van der Waals surface area contributed by atoms with Crippen molar-refractivity contribution in [2.45, 2.75) is 270 Å². The molecule has 4 heterocycles. The predicted octanol–water partition coefficient (Wildman–Crippen LogP) is 13.4. The summed E-state index contributed by atoms with van der Waals surface area (Å²) < 4.78 is 41.0. The number of likely N-dealkylation sites (tertiary alicyclic amines) is 1. The number of fused-ring (bicyclic) bond motifs is 2. The quantitative estimate of drug-likeness (QED) is 0.120. The number of benzene rings is 1. The number of piperidine rings is 1. The molecule has 0 aromatic heterocycles. The van der Waals surface area contributed by atoms with Crippen molar-refractivity contribution in [3.05, 3.63) is 82.3 Å². The minimum absolute atomic E-state index is 0.0463. The van der Waals surface area contributed by atoms with Gasteiger partial charge in [0.25, 0.3) is 0 Å². The predicted molar refractivity (Wildman–Crippen MR) is 366 cm³/mol. The highest BCUT2D eigenvalue weighted by Crippen LogP contribution is 2.41. The lowest BCUT2D eigenvalue weighted by atomic mass is 9.74. The first-order valence-electron chi connectivity index (χ1n) is 35.5. The molecule has 2 saturated carbocycles. The Kier molecular flexibility index (Phi) is 29.1. The Morgan fingerprint density at radius 1 is 0.843 bits per heavy atom. The molecule has 5 unspecified atom stereocenters. The number of amides is 1. The summed E-state index contributed by atoms with van der Waals surface area (Å²) in [6.45, 7) is 30.4. The summed E-state index contributed by atoms with van der Waals surface area (Å²) in [4.78, 5) is 31.8. The van der Waals surface area contributed by atoms with Crippen LogP contribution in [0.15, 0.2) is 71.2 Å². The van der Waals surface area contributed by atoms with Crippen molar-refractivity contribution in [2.75, 3.05) is 66.5 Å². The van der Waals surface area contributed by atoms with Gasteiger partial charge < -0.3 is 51.5 Å². The van der Waals surface area contributed by atoms with Crippen LogP contribution in [0.3, 0.4) is 0 Å². The molecule has 13 nitrogen and oxygen atoms in total. The molecule has 1 amide bonds. The molecule has 3 saturated heterocycles. The van der Waals surface area contributed by atoms with Crippen molar-refractivity contribution < 1.29 is 18.0 Å². The number of halogens is 4. The molecule has 5 fully saturated rings. The molecule has 11 atom stereocenters. The van der Waals surface area contributed by atoms with Gasteiger partial charge >= 0.3 is 6.18 Å². The number of nitrogens with one attached hydrogen (secondary N) is 6. The molecule has 1 aromatic carbocycles. The Labute approximate surface area is 543 Å². The van der Waals surface area contributed by atoms with E-state index in [-0.39, 0.29) is 64.8 Å². The highest BCUT2D eigenvalue weighted by atomic mass is 35.5. The first-order valence-corrected chi connectivity index (χ1v) is 35.9. The Bertz CT molecular complexity index is 2450. The van der Waals surface area contributed by atoms with Crippen molar-refractivity contribution >= 4 is 23.7 Å². The van der Waals surface area contributed by atoms with Gasteiger partial charge in [-0.05, 0) is 147 Å². The summed E-state index contributed by atoms with van der Waals surface area (Å²) >= 11 is 6.20. The molecule has 504 valence electrons. The lowest BCUT2D eigenvalue weighted by molar-refractivity contribution is -0.162. The van der Waals surface area contributed by atoms with E-state index < -0.39 is 11.7 Å². The molecule has 4 aliphatic heterocycles. The fourth-order valence-corrected chi connectivity index (χ4v) is 16.2. The van der Waals surface area contributed by atoms with E-state index in [9.17, 15) is 18.0 Å². The Morgan fingerprint density at radius 3 is 2.26 bits per heavy atom. The van der Waals surface area contributed by atoms with Gasteiger partial charge in [0.1, 0.15) is 0 Å². The SMILES string of the molecule is CCCC[C@@H]1NC[C@H]([C@@H](C)CC)NC(C)[C@H](C)N2CCCC2=CN(C)C(CC2CCCCC2)=CN(C)C=CNC(CCc2ccc(C(F)(F)F)c(Cl)c2)=CC=NCCNCC2(CCCC2)NC(C)[C@H](C(C)C)N2C(C)[C@H](C(=O)N3CCCCC3)C2CNC1C. The normalized spacial score (nSPS) is 30.0. The molecule has 7 rings (SSSR count). The third-order valence-corrected chi connectivity index (χ3v) is 21.9. The third-order valence-electron chi connectivity index (χ3n) is 21.6. The molecular formula is C72H122ClF3N12O. The van der Waals surface area contributed by atoms with E-state index in [1.807, 2.05) is 18.5 Å². The topological polar surface area (TPSA) is 118 Å². The number of aryl methyl sites for hydroxylation is 1. The Hall–Kier alpha value is -3.64. The zero-order valence-electron chi connectivity index (χ0n) is 57.3. The van der Waals surface area contributed by atoms with Crippen LogP contribution in [0.5, 0.6) is 0 Å². The largest absolute Gasteiger partial charge is 0.417 e. The minimum Gasteiger partial charge on any atom is -0.369 e. The number of carbonyl (C=O) groups excluding carboxylic acids is 1. The average molecular weight is 1260 g/mol. The van der Waals surface area contributed by atoms with E-state index in [4.69, 9.17) is 16.6 Å². The van der Waals surface area contributed by atoms with Gasteiger partial charge in [-0.3, -0.25) is 14.7 Å². The number of nitrogens with zero attached hydrogens (tertiary/aromatic N) is 6. The van der Waals surface area contributed by atoms with Crippen molar-refractivity contribution in [1.82, 2.24) is 56.4 Å². The van der Waals surface area contributed by atoms with Crippen LogP contribution >= 0.6 is 11.6 Å². The average Bonchev–Trinajstić information content (AvgIpc) is 2.72. The van der Waals surface area contributed by atoms with Crippen LogP contribution in [-0.2, 0) is 17.4 Å². The number of allylic oxidation sites excluding steroid dienone is 4. The van der Waals surface area contributed by atoms with Gasteiger partial charge in [0.2, 0.25) is 5.91 Å². The number of alkyl halides is 3. The van der Waals surface area contributed by atoms with E-state index in [2.05, 4.69) is 158 Å². The van der Waals surface area contributed by atoms with E-state index >= 15 is 0 Å².